The van der Waals surface area contributed by atoms with Gasteiger partial charge in [-0.3, -0.25) is 4.99 Å². The van der Waals surface area contributed by atoms with Crippen LogP contribution in [-0.4, -0.2) is 46.8 Å². The molecule has 0 rings (SSSR count). The number of sulfonamides is 1. The van der Waals surface area contributed by atoms with E-state index in [9.17, 15) is 8.42 Å². The van der Waals surface area contributed by atoms with Crippen LogP contribution in [0.2, 0.25) is 0 Å². The molecule has 0 bridgehead atoms. The van der Waals surface area contributed by atoms with Crippen molar-refractivity contribution in [2.75, 3.05) is 26.4 Å². The van der Waals surface area contributed by atoms with Gasteiger partial charge in [0.05, 0.1) is 6.26 Å². The van der Waals surface area contributed by atoms with Gasteiger partial charge in [-0.25, -0.2) is 13.1 Å². The predicted octanol–water partition coefficient (Wildman–Crippen LogP) is 0.135. The Hall–Kier alpha value is -0.820. The minimum absolute atomic E-state index is 0.338. The van der Waals surface area contributed by atoms with Crippen LogP contribution in [0.1, 0.15) is 27.2 Å². The maximum absolute atomic E-state index is 10.8. The lowest BCUT2D eigenvalue weighted by atomic mass is 10.1. The van der Waals surface area contributed by atoms with E-state index in [4.69, 9.17) is 0 Å². The van der Waals surface area contributed by atoms with Gasteiger partial charge in [0.25, 0.3) is 0 Å². The first-order valence-electron chi connectivity index (χ1n) is 6.18. The maximum atomic E-state index is 10.8. The Morgan fingerprint density at radius 3 is 2.28 bits per heavy atom. The summed E-state index contributed by atoms with van der Waals surface area (Å²) in [6.07, 6.45) is 1.87. The molecule has 0 radical (unpaired) electrons. The first kappa shape index (κ1) is 17.2. The van der Waals surface area contributed by atoms with Crippen LogP contribution in [0.4, 0.5) is 0 Å². The lowest BCUT2D eigenvalue weighted by Crippen LogP contribution is -2.44. The summed E-state index contributed by atoms with van der Waals surface area (Å²) in [6.45, 7) is 7.49. The molecule has 18 heavy (non-hydrogen) atoms. The molecule has 108 valence electrons. The van der Waals surface area contributed by atoms with Crippen molar-refractivity contribution in [2.24, 2.45) is 10.9 Å². The first-order valence-corrected chi connectivity index (χ1v) is 8.07. The smallest absolute Gasteiger partial charge is 0.208 e. The highest BCUT2D eigenvalue weighted by molar-refractivity contribution is 7.88. The van der Waals surface area contributed by atoms with E-state index in [-0.39, 0.29) is 0 Å². The van der Waals surface area contributed by atoms with Crippen molar-refractivity contribution >= 4 is 16.0 Å². The average Bonchev–Trinajstić information content (AvgIpc) is 2.25. The molecule has 0 aromatic rings. The fraction of sp³-hybridized carbons (Fsp3) is 0.909. The Bertz CT molecular complexity index is 352. The molecule has 0 aromatic heterocycles. The molecular formula is C11H26N4O2S. The lowest BCUT2D eigenvalue weighted by molar-refractivity contribution is 0.480. The topological polar surface area (TPSA) is 82.6 Å². The van der Waals surface area contributed by atoms with Crippen LogP contribution in [0.5, 0.6) is 0 Å². The molecule has 0 saturated carbocycles. The SMILES string of the molecule is CN=C(NCCCNS(C)(=O)=O)NC(C)C(C)C. The summed E-state index contributed by atoms with van der Waals surface area (Å²) in [6, 6.07) is 0.338. The van der Waals surface area contributed by atoms with E-state index in [1.165, 1.54) is 0 Å². The third kappa shape index (κ3) is 9.23. The summed E-state index contributed by atoms with van der Waals surface area (Å²) in [5.41, 5.74) is 0. The second-order valence-electron chi connectivity index (χ2n) is 4.70. The van der Waals surface area contributed by atoms with Crippen molar-refractivity contribution in [3.63, 3.8) is 0 Å². The summed E-state index contributed by atoms with van der Waals surface area (Å²) < 4.78 is 24.1. The lowest BCUT2D eigenvalue weighted by Gasteiger charge is -2.20. The normalized spacial score (nSPS) is 14.7. The molecule has 0 aromatic carbocycles. The van der Waals surface area contributed by atoms with Crippen molar-refractivity contribution in [1.82, 2.24) is 15.4 Å². The minimum Gasteiger partial charge on any atom is -0.356 e. The second kappa shape index (κ2) is 8.31. The number of aliphatic imine (C=N–C) groups is 1. The van der Waals surface area contributed by atoms with Crippen LogP contribution >= 0.6 is 0 Å². The summed E-state index contributed by atoms with van der Waals surface area (Å²) in [4.78, 5) is 4.11. The van der Waals surface area contributed by atoms with Crippen LogP contribution in [0.3, 0.4) is 0 Å². The molecule has 3 N–H and O–H groups in total. The van der Waals surface area contributed by atoms with E-state index in [0.29, 0.717) is 31.5 Å². The molecule has 0 fully saturated rings. The number of hydrogen-bond acceptors (Lipinski definition) is 3. The highest BCUT2D eigenvalue weighted by atomic mass is 32.2. The van der Waals surface area contributed by atoms with E-state index < -0.39 is 10.0 Å². The fourth-order valence-corrected chi connectivity index (χ4v) is 1.64. The Morgan fingerprint density at radius 1 is 1.22 bits per heavy atom. The summed E-state index contributed by atoms with van der Waals surface area (Å²) in [5, 5.41) is 6.42. The monoisotopic (exact) mass is 278 g/mol. The van der Waals surface area contributed by atoms with Gasteiger partial charge in [-0.2, -0.15) is 0 Å². The molecule has 0 aliphatic rings. The van der Waals surface area contributed by atoms with Crippen LogP contribution < -0.4 is 15.4 Å². The molecule has 7 heteroatoms. The quantitative estimate of drug-likeness (QED) is 0.351. The number of nitrogens with zero attached hydrogens (tertiary/aromatic N) is 1. The zero-order chi connectivity index (χ0) is 14.2. The molecule has 6 nitrogen and oxygen atoms in total. The maximum Gasteiger partial charge on any atom is 0.208 e. The van der Waals surface area contributed by atoms with Crippen LogP contribution in [-0.2, 0) is 10.0 Å². The number of rotatable bonds is 7. The first-order chi connectivity index (χ1) is 8.26. The van der Waals surface area contributed by atoms with Gasteiger partial charge in [-0.1, -0.05) is 13.8 Å². The molecule has 1 atom stereocenters. The van der Waals surface area contributed by atoms with E-state index in [0.717, 1.165) is 12.2 Å². The van der Waals surface area contributed by atoms with Crippen LogP contribution in [0, 0.1) is 5.92 Å². The second-order valence-corrected chi connectivity index (χ2v) is 6.53. The Balaban J connectivity index is 3.83. The Kier molecular flexibility index (Phi) is 7.93. The zero-order valence-electron chi connectivity index (χ0n) is 11.9. The molecule has 0 aliphatic carbocycles. The van der Waals surface area contributed by atoms with Crippen molar-refractivity contribution in [1.29, 1.82) is 0 Å². The molecule has 0 amide bonds. The van der Waals surface area contributed by atoms with Gasteiger partial charge < -0.3 is 10.6 Å². The molecule has 0 spiro atoms. The molecule has 0 heterocycles. The highest BCUT2D eigenvalue weighted by Gasteiger charge is 2.08. The van der Waals surface area contributed by atoms with Crippen molar-refractivity contribution in [3.8, 4) is 0 Å². The minimum atomic E-state index is -3.08. The molecule has 0 aliphatic heterocycles. The van der Waals surface area contributed by atoms with Gasteiger partial charge in [0.15, 0.2) is 5.96 Å². The third-order valence-corrected chi connectivity index (χ3v) is 3.33. The zero-order valence-corrected chi connectivity index (χ0v) is 12.8. The van der Waals surface area contributed by atoms with Crippen molar-refractivity contribution < 1.29 is 8.42 Å². The summed E-state index contributed by atoms with van der Waals surface area (Å²) in [5.74, 6) is 1.27. The Labute approximate surface area is 111 Å². The van der Waals surface area contributed by atoms with Crippen LogP contribution in [0.15, 0.2) is 4.99 Å². The van der Waals surface area contributed by atoms with Crippen molar-refractivity contribution in [3.05, 3.63) is 0 Å². The molecule has 0 saturated heterocycles. The van der Waals surface area contributed by atoms with Gasteiger partial charge in [0.2, 0.25) is 10.0 Å². The van der Waals surface area contributed by atoms with E-state index in [1.807, 2.05) is 0 Å². The standard InChI is InChI=1S/C11H26N4O2S/c1-9(2)10(3)15-11(12-4)13-7-6-8-14-18(5,16)17/h9-10,14H,6-8H2,1-5H3,(H2,12,13,15). The van der Waals surface area contributed by atoms with Gasteiger partial charge in [-0.05, 0) is 19.3 Å². The highest BCUT2D eigenvalue weighted by Crippen LogP contribution is 1.98. The summed E-state index contributed by atoms with van der Waals surface area (Å²) >= 11 is 0. The number of guanidine groups is 1. The van der Waals surface area contributed by atoms with Crippen LogP contribution in [0.25, 0.3) is 0 Å². The van der Waals surface area contributed by atoms with Gasteiger partial charge in [0.1, 0.15) is 0 Å². The Morgan fingerprint density at radius 2 is 1.83 bits per heavy atom. The fourth-order valence-electron chi connectivity index (χ4n) is 1.13. The largest absolute Gasteiger partial charge is 0.356 e. The number of hydrogen-bond donors (Lipinski definition) is 3. The van der Waals surface area contributed by atoms with Gasteiger partial charge in [-0.15, -0.1) is 0 Å². The van der Waals surface area contributed by atoms with Gasteiger partial charge in [0, 0.05) is 26.2 Å². The molecule has 1 unspecified atom stereocenters. The third-order valence-electron chi connectivity index (χ3n) is 2.60. The predicted molar refractivity (Wildman–Crippen MR) is 76.3 cm³/mol. The van der Waals surface area contributed by atoms with Gasteiger partial charge >= 0.3 is 0 Å². The molecular weight excluding hydrogens is 252 g/mol. The average molecular weight is 278 g/mol. The van der Waals surface area contributed by atoms with Crippen molar-refractivity contribution in [2.45, 2.75) is 33.2 Å². The van der Waals surface area contributed by atoms with E-state index in [2.05, 4.69) is 41.1 Å². The van der Waals surface area contributed by atoms with E-state index >= 15 is 0 Å². The van der Waals surface area contributed by atoms with E-state index in [1.54, 1.807) is 7.05 Å². The summed E-state index contributed by atoms with van der Waals surface area (Å²) in [7, 11) is -1.36. The number of nitrogens with one attached hydrogen (secondary N) is 3.